The third-order valence-corrected chi connectivity index (χ3v) is 2.91. The van der Waals surface area contributed by atoms with Gasteiger partial charge in [-0.2, -0.15) is 0 Å². The van der Waals surface area contributed by atoms with Crippen LogP contribution in [0.15, 0.2) is 12.2 Å². The molecule has 84 valence electrons. The molecule has 2 fully saturated rings. The lowest BCUT2D eigenvalue weighted by Crippen LogP contribution is -2.40. The molecule has 4 heteroatoms. The predicted octanol–water partition coefficient (Wildman–Crippen LogP) is 0.104. The number of likely N-dealkylation sites (N-methyl/N-ethyl adjacent to an activating group) is 1. The lowest BCUT2D eigenvalue weighted by molar-refractivity contribution is -0.130. The molecule has 15 heavy (non-hydrogen) atoms. The number of carbonyl (C=O) groups is 1. The van der Waals surface area contributed by atoms with Crippen LogP contribution in [0.3, 0.4) is 0 Å². The van der Waals surface area contributed by atoms with Crippen molar-refractivity contribution in [3.63, 3.8) is 0 Å². The summed E-state index contributed by atoms with van der Waals surface area (Å²) in [7, 11) is 3.97. The third kappa shape index (κ3) is 2.38. The van der Waals surface area contributed by atoms with Crippen molar-refractivity contribution in [2.45, 2.75) is 18.6 Å². The quantitative estimate of drug-likeness (QED) is 0.620. The average Bonchev–Trinajstić information content (AvgIpc) is 2.77. The van der Waals surface area contributed by atoms with Crippen molar-refractivity contribution < 1.29 is 9.53 Å². The molecule has 4 nitrogen and oxygen atoms in total. The van der Waals surface area contributed by atoms with Crippen molar-refractivity contribution in [1.82, 2.24) is 9.80 Å². The van der Waals surface area contributed by atoms with E-state index in [-0.39, 0.29) is 5.91 Å². The van der Waals surface area contributed by atoms with Gasteiger partial charge in [0, 0.05) is 19.2 Å². The highest BCUT2D eigenvalue weighted by Crippen LogP contribution is 2.27. The highest BCUT2D eigenvalue weighted by molar-refractivity contribution is 5.88. The highest BCUT2D eigenvalue weighted by Gasteiger charge is 2.40. The molecule has 2 saturated heterocycles. The van der Waals surface area contributed by atoms with Gasteiger partial charge in [0.1, 0.15) is 0 Å². The first-order chi connectivity index (χ1) is 7.16. The Balaban J connectivity index is 1.84. The van der Waals surface area contributed by atoms with Gasteiger partial charge >= 0.3 is 0 Å². The number of rotatable bonds is 3. The van der Waals surface area contributed by atoms with E-state index in [1.54, 1.807) is 6.08 Å². The maximum Gasteiger partial charge on any atom is 0.246 e. The number of hydrogen-bond donors (Lipinski definition) is 0. The number of ether oxygens (including phenoxy) is 1. The van der Waals surface area contributed by atoms with Crippen LogP contribution in [0.25, 0.3) is 0 Å². The van der Waals surface area contributed by atoms with Crippen LogP contribution in [0.4, 0.5) is 0 Å². The van der Waals surface area contributed by atoms with E-state index >= 15 is 0 Å². The summed E-state index contributed by atoms with van der Waals surface area (Å²) in [5.74, 6) is 0.132. The van der Waals surface area contributed by atoms with Gasteiger partial charge in [-0.25, -0.2) is 0 Å². The largest absolute Gasteiger partial charge is 0.374 e. The molecular weight excluding hydrogens is 192 g/mol. The summed E-state index contributed by atoms with van der Waals surface area (Å²) in [6.07, 6.45) is 4.91. The van der Waals surface area contributed by atoms with Crippen molar-refractivity contribution in [2.24, 2.45) is 0 Å². The Labute approximate surface area is 90.5 Å². The van der Waals surface area contributed by atoms with E-state index in [1.807, 2.05) is 30.0 Å². The van der Waals surface area contributed by atoms with Crippen molar-refractivity contribution in [3.05, 3.63) is 12.2 Å². The fourth-order valence-electron chi connectivity index (χ4n) is 2.13. The normalized spacial score (nSPS) is 29.7. The van der Waals surface area contributed by atoms with Crippen LogP contribution in [-0.4, -0.2) is 61.6 Å². The minimum absolute atomic E-state index is 0.132. The topological polar surface area (TPSA) is 32.8 Å². The first-order valence-corrected chi connectivity index (χ1v) is 5.40. The number of nitrogens with zero attached hydrogens (tertiary/aromatic N) is 2. The lowest BCUT2D eigenvalue weighted by atomic mass is 10.2. The first-order valence-electron chi connectivity index (χ1n) is 5.40. The van der Waals surface area contributed by atoms with Gasteiger partial charge in [-0.1, -0.05) is 6.08 Å². The average molecular weight is 210 g/mol. The SMILES string of the molecule is CN(C)CC=CC(=O)N1C[C@@H]2C[C@H]1CO2. The molecule has 0 spiro atoms. The molecule has 0 radical (unpaired) electrons. The van der Waals surface area contributed by atoms with Gasteiger partial charge in [-0.05, 0) is 20.5 Å². The molecular formula is C11H18N2O2. The molecule has 0 aromatic carbocycles. The number of carbonyl (C=O) groups excluding carboxylic acids is 1. The van der Waals surface area contributed by atoms with Gasteiger partial charge in [0.15, 0.2) is 0 Å². The Bertz CT molecular complexity index is 276. The van der Waals surface area contributed by atoms with Crippen LogP contribution in [0.1, 0.15) is 6.42 Å². The highest BCUT2D eigenvalue weighted by atomic mass is 16.5. The smallest absolute Gasteiger partial charge is 0.246 e. The second-order valence-electron chi connectivity index (χ2n) is 4.50. The van der Waals surface area contributed by atoms with Crippen molar-refractivity contribution in [2.75, 3.05) is 33.8 Å². The fraction of sp³-hybridized carbons (Fsp3) is 0.727. The molecule has 2 bridgehead atoms. The second-order valence-corrected chi connectivity index (χ2v) is 4.50. The molecule has 0 unspecified atom stereocenters. The number of morpholine rings is 1. The molecule has 2 heterocycles. The van der Waals surface area contributed by atoms with E-state index in [1.165, 1.54) is 0 Å². The molecule has 0 aromatic rings. The number of hydrogen-bond acceptors (Lipinski definition) is 3. The molecule has 2 rings (SSSR count). The first kappa shape index (κ1) is 10.6. The van der Waals surface area contributed by atoms with E-state index in [2.05, 4.69) is 0 Å². The maximum absolute atomic E-state index is 11.8. The third-order valence-electron chi connectivity index (χ3n) is 2.91. The van der Waals surface area contributed by atoms with E-state index < -0.39 is 0 Å². The van der Waals surface area contributed by atoms with Crippen LogP contribution in [-0.2, 0) is 9.53 Å². The van der Waals surface area contributed by atoms with Crippen LogP contribution in [0, 0.1) is 0 Å². The predicted molar refractivity (Wildman–Crippen MR) is 57.6 cm³/mol. The van der Waals surface area contributed by atoms with Crippen molar-refractivity contribution >= 4 is 5.91 Å². The van der Waals surface area contributed by atoms with E-state index in [0.717, 1.165) is 26.1 Å². The molecule has 2 atom stereocenters. The van der Waals surface area contributed by atoms with Gasteiger partial charge in [-0.3, -0.25) is 4.79 Å². The maximum atomic E-state index is 11.8. The summed E-state index contributed by atoms with van der Waals surface area (Å²) < 4.78 is 5.45. The van der Waals surface area contributed by atoms with Gasteiger partial charge in [0.25, 0.3) is 0 Å². The minimum atomic E-state index is 0.132. The van der Waals surface area contributed by atoms with E-state index in [0.29, 0.717) is 12.1 Å². The Morgan fingerprint density at radius 3 is 2.93 bits per heavy atom. The number of fused-ring (bicyclic) bond motifs is 2. The van der Waals surface area contributed by atoms with Crippen molar-refractivity contribution in [1.29, 1.82) is 0 Å². The zero-order valence-corrected chi connectivity index (χ0v) is 9.35. The van der Waals surface area contributed by atoms with E-state index in [4.69, 9.17) is 4.74 Å². The van der Waals surface area contributed by atoms with Gasteiger partial charge in [-0.15, -0.1) is 0 Å². The van der Waals surface area contributed by atoms with Crippen molar-refractivity contribution in [3.8, 4) is 0 Å². The molecule has 1 amide bonds. The van der Waals surface area contributed by atoms with Crippen LogP contribution in [0.2, 0.25) is 0 Å². The zero-order chi connectivity index (χ0) is 10.8. The minimum Gasteiger partial charge on any atom is -0.374 e. The monoisotopic (exact) mass is 210 g/mol. The molecule has 2 aliphatic rings. The number of likely N-dealkylation sites (tertiary alicyclic amines) is 1. The summed E-state index contributed by atoms with van der Waals surface area (Å²) >= 11 is 0. The Kier molecular flexibility index (Phi) is 3.07. The molecule has 0 N–H and O–H groups in total. The van der Waals surface area contributed by atoms with Crippen LogP contribution >= 0.6 is 0 Å². The molecule has 0 aromatic heterocycles. The Morgan fingerprint density at radius 1 is 1.60 bits per heavy atom. The number of amides is 1. The summed E-state index contributed by atoms with van der Waals surface area (Å²) in [5.41, 5.74) is 0. The van der Waals surface area contributed by atoms with Crippen LogP contribution < -0.4 is 0 Å². The Hall–Kier alpha value is -0.870. The van der Waals surface area contributed by atoms with Crippen LogP contribution in [0.5, 0.6) is 0 Å². The summed E-state index contributed by atoms with van der Waals surface area (Å²) in [4.78, 5) is 15.7. The standard InChI is InChI=1S/C11H18N2O2/c1-12(2)5-3-4-11(14)13-7-10-6-9(13)8-15-10/h3-4,9-10H,5-8H2,1-2H3/t9-,10-/m0/s1. The summed E-state index contributed by atoms with van der Waals surface area (Å²) in [6, 6.07) is 0.325. The molecule has 2 aliphatic heterocycles. The molecule has 0 saturated carbocycles. The Morgan fingerprint density at radius 2 is 2.40 bits per heavy atom. The zero-order valence-electron chi connectivity index (χ0n) is 9.35. The second kappa shape index (κ2) is 4.33. The van der Waals surface area contributed by atoms with E-state index in [9.17, 15) is 4.79 Å². The summed E-state index contributed by atoms with van der Waals surface area (Å²) in [6.45, 7) is 2.30. The van der Waals surface area contributed by atoms with Gasteiger partial charge in [0.2, 0.25) is 5.91 Å². The van der Waals surface area contributed by atoms with Gasteiger partial charge < -0.3 is 14.5 Å². The fourth-order valence-corrected chi connectivity index (χ4v) is 2.13. The van der Waals surface area contributed by atoms with Gasteiger partial charge in [0.05, 0.1) is 18.8 Å². The summed E-state index contributed by atoms with van der Waals surface area (Å²) in [5, 5.41) is 0. The molecule has 0 aliphatic carbocycles. The lowest BCUT2D eigenvalue weighted by Gasteiger charge is -2.25.